The summed E-state index contributed by atoms with van der Waals surface area (Å²) in [7, 11) is 0. The van der Waals surface area contributed by atoms with Crippen LogP contribution in [0, 0.1) is 0 Å². The fourth-order valence-corrected chi connectivity index (χ4v) is 2.41. The van der Waals surface area contributed by atoms with E-state index in [1.165, 1.54) is 11.1 Å². The van der Waals surface area contributed by atoms with Gasteiger partial charge in [-0.25, -0.2) is 4.79 Å². The van der Waals surface area contributed by atoms with Gasteiger partial charge in [0, 0.05) is 13.0 Å². The van der Waals surface area contributed by atoms with Crippen molar-refractivity contribution in [1.29, 1.82) is 0 Å². The van der Waals surface area contributed by atoms with Gasteiger partial charge in [0.1, 0.15) is 0 Å². The highest BCUT2D eigenvalue weighted by Crippen LogP contribution is 2.33. The molecule has 3 rings (SSSR count). The monoisotopic (exact) mass is 215 g/mol. The van der Waals surface area contributed by atoms with E-state index in [0.29, 0.717) is 13.2 Å². The zero-order valence-corrected chi connectivity index (χ0v) is 8.93. The highest BCUT2D eigenvalue weighted by atomic mass is 16.6. The summed E-state index contributed by atoms with van der Waals surface area (Å²) in [5.74, 6) is 0. The Morgan fingerprint density at radius 2 is 2.19 bits per heavy atom. The van der Waals surface area contributed by atoms with E-state index in [1.54, 1.807) is 4.90 Å². The van der Waals surface area contributed by atoms with Crippen LogP contribution in [-0.4, -0.2) is 24.1 Å². The van der Waals surface area contributed by atoms with Crippen LogP contribution in [0.2, 0.25) is 0 Å². The predicted octanol–water partition coefficient (Wildman–Crippen LogP) is 2.60. The van der Waals surface area contributed by atoms with Crippen molar-refractivity contribution in [3.05, 3.63) is 41.5 Å². The molecule has 0 aliphatic carbocycles. The molecular weight excluding hydrogens is 202 g/mol. The summed E-state index contributed by atoms with van der Waals surface area (Å²) in [5.41, 5.74) is 2.44. The molecule has 2 aliphatic heterocycles. The number of hydrogen-bond donors (Lipinski definition) is 0. The first kappa shape index (κ1) is 9.46. The SMILES string of the molecule is O=C1OCC[C@@H]2c3ccccc3C=CCN12. The van der Waals surface area contributed by atoms with E-state index < -0.39 is 0 Å². The van der Waals surface area contributed by atoms with E-state index in [4.69, 9.17) is 4.74 Å². The molecule has 3 nitrogen and oxygen atoms in total. The number of fused-ring (bicyclic) bond motifs is 3. The molecule has 3 heteroatoms. The molecule has 2 aliphatic rings. The van der Waals surface area contributed by atoms with Crippen molar-refractivity contribution in [2.45, 2.75) is 12.5 Å². The van der Waals surface area contributed by atoms with E-state index in [0.717, 1.165) is 6.42 Å². The molecule has 1 atom stereocenters. The molecule has 0 spiro atoms. The number of hydrogen-bond acceptors (Lipinski definition) is 2. The average Bonchev–Trinajstić information content (AvgIpc) is 2.50. The molecule has 0 N–H and O–H groups in total. The van der Waals surface area contributed by atoms with Gasteiger partial charge in [0.15, 0.2) is 0 Å². The summed E-state index contributed by atoms with van der Waals surface area (Å²) in [6, 6.07) is 8.42. The number of carbonyl (C=O) groups excluding carboxylic acids is 1. The maximum Gasteiger partial charge on any atom is 0.410 e. The number of rotatable bonds is 0. The van der Waals surface area contributed by atoms with Crippen molar-refractivity contribution >= 4 is 12.2 Å². The molecule has 0 saturated carbocycles. The third kappa shape index (κ3) is 1.40. The molecule has 1 fully saturated rings. The highest BCUT2D eigenvalue weighted by Gasteiger charge is 2.31. The van der Waals surface area contributed by atoms with Crippen molar-refractivity contribution in [3.63, 3.8) is 0 Å². The Bertz CT molecular complexity index is 453. The normalized spacial score (nSPS) is 23.1. The smallest absolute Gasteiger partial charge is 0.410 e. The van der Waals surface area contributed by atoms with Crippen molar-refractivity contribution in [2.24, 2.45) is 0 Å². The molecule has 0 radical (unpaired) electrons. The maximum absolute atomic E-state index is 11.7. The molecule has 1 aromatic rings. The summed E-state index contributed by atoms with van der Waals surface area (Å²) < 4.78 is 5.07. The number of benzene rings is 1. The molecule has 1 saturated heterocycles. The van der Waals surface area contributed by atoms with Gasteiger partial charge in [-0.05, 0) is 11.1 Å². The summed E-state index contributed by atoms with van der Waals surface area (Å²) in [4.78, 5) is 13.5. The first-order valence-electron chi connectivity index (χ1n) is 5.55. The van der Waals surface area contributed by atoms with E-state index in [1.807, 2.05) is 18.2 Å². The molecule has 0 bridgehead atoms. The van der Waals surface area contributed by atoms with Gasteiger partial charge in [0.2, 0.25) is 0 Å². The summed E-state index contributed by atoms with van der Waals surface area (Å²) in [6.45, 7) is 1.16. The predicted molar refractivity (Wildman–Crippen MR) is 60.9 cm³/mol. The number of nitrogens with zero attached hydrogens (tertiary/aromatic N) is 1. The highest BCUT2D eigenvalue weighted by molar-refractivity contribution is 5.71. The first-order valence-corrected chi connectivity index (χ1v) is 5.55. The average molecular weight is 215 g/mol. The summed E-state index contributed by atoms with van der Waals surface area (Å²) in [5, 5.41) is 0. The first-order chi connectivity index (χ1) is 7.86. The fraction of sp³-hybridized carbons (Fsp3) is 0.308. The lowest BCUT2D eigenvalue weighted by Gasteiger charge is -2.34. The van der Waals surface area contributed by atoms with Gasteiger partial charge >= 0.3 is 6.09 Å². The lowest BCUT2D eigenvalue weighted by Crippen LogP contribution is -2.40. The van der Waals surface area contributed by atoms with Gasteiger partial charge in [-0.3, -0.25) is 4.90 Å². The molecule has 1 aromatic carbocycles. The van der Waals surface area contributed by atoms with Gasteiger partial charge < -0.3 is 4.74 Å². The molecule has 82 valence electrons. The lowest BCUT2D eigenvalue weighted by molar-refractivity contribution is 0.0496. The molecule has 1 amide bonds. The van der Waals surface area contributed by atoms with Crippen LogP contribution in [0.1, 0.15) is 23.6 Å². The Kier molecular flexibility index (Phi) is 2.17. The molecule has 0 unspecified atom stereocenters. The van der Waals surface area contributed by atoms with Crippen LogP contribution in [0.15, 0.2) is 30.3 Å². The molecule has 0 aromatic heterocycles. The van der Waals surface area contributed by atoms with Crippen molar-refractivity contribution in [3.8, 4) is 0 Å². The third-order valence-electron chi connectivity index (χ3n) is 3.18. The van der Waals surface area contributed by atoms with Crippen LogP contribution in [0.3, 0.4) is 0 Å². The summed E-state index contributed by atoms with van der Waals surface area (Å²) in [6.07, 6.45) is 4.79. The van der Waals surface area contributed by atoms with Crippen molar-refractivity contribution in [2.75, 3.05) is 13.2 Å². The minimum atomic E-state index is -0.197. The second-order valence-corrected chi connectivity index (χ2v) is 4.10. The van der Waals surface area contributed by atoms with Crippen LogP contribution in [0.5, 0.6) is 0 Å². The number of amides is 1. The standard InChI is InChI=1S/C13H13NO2/c15-13-14-8-3-5-10-4-1-2-6-11(10)12(14)7-9-16-13/h1-6,12H,7-9H2/t12-/m1/s1. The maximum atomic E-state index is 11.7. The molecular formula is C13H13NO2. The van der Waals surface area contributed by atoms with E-state index >= 15 is 0 Å². The Morgan fingerprint density at radius 3 is 3.12 bits per heavy atom. The van der Waals surface area contributed by atoms with Crippen LogP contribution in [-0.2, 0) is 4.74 Å². The number of cyclic esters (lactones) is 1. The van der Waals surface area contributed by atoms with Gasteiger partial charge in [-0.15, -0.1) is 0 Å². The van der Waals surface area contributed by atoms with Crippen LogP contribution < -0.4 is 0 Å². The topological polar surface area (TPSA) is 29.5 Å². The minimum Gasteiger partial charge on any atom is -0.449 e. The van der Waals surface area contributed by atoms with Gasteiger partial charge in [-0.2, -0.15) is 0 Å². The quantitative estimate of drug-likeness (QED) is 0.665. The van der Waals surface area contributed by atoms with Crippen molar-refractivity contribution in [1.82, 2.24) is 4.90 Å². The van der Waals surface area contributed by atoms with Crippen LogP contribution in [0.4, 0.5) is 4.79 Å². The second-order valence-electron chi connectivity index (χ2n) is 4.10. The number of ether oxygens (including phenoxy) is 1. The van der Waals surface area contributed by atoms with Crippen LogP contribution >= 0.6 is 0 Å². The zero-order valence-electron chi connectivity index (χ0n) is 8.93. The van der Waals surface area contributed by atoms with E-state index in [-0.39, 0.29) is 12.1 Å². The lowest BCUT2D eigenvalue weighted by atomic mass is 9.97. The Morgan fingerprint density at radius 1 is 1.31 bits per heavy atom. The Hall–Kier alpha value is -1.77. The van der Waals surface area contributed by atoms with Gasteiger partial charge in [-0.1, -0.05) is 36.4 Å². The number of carbonyl (C=O) groups is 1. The van der Waals surface area contributed by atoms with E-state index in [2.05, 4.69) is 18.2 Å². The minimum absolute atomic E-state index is 0.174. The zero-order chi connectivity index (χ0) is 11.0. The second kappa shape index (κ2) is 3.67. The molecule has 2 heterocycles. The van der Waals surface area contributed by atoms with Crippen molar-refractivity contribution < 1.29 is 9.53 Å². The molecule has 16 heavy (non-hydrogen) atoms. The Labute approximate surface area is 94.3 Å². The largest absolute Gasteiger partial charge is 0.449 e. The van der Waals surface area contributed by atoms with E-state index in [9.17, 15) is 4.79 Å². The van der Waals surface area contributed by atoms with Gasteiger partial charge in [0.05, 0.1) is 12.6 Å². The Balaban J connectivity index is 2.07. The summed E-state index contributed by atoms with van der Waals surface area (Å²) >= 11 is 0. The third-order valence-corrected chi connectivity index (χ3v) is 3.18. The van der Waals surface area contributed by atoms with Gasteiger partial charge in [0.25, 0.3) is 0 Å². The van der Waals surface area contributed by atoms with Crippen LogP contribution in [0.25, 0.3) is 6.08 Å². The fourth-order valence-electron chi connectivity index (χ4n) is 2.41.